The van der Waals surface area contributed by atoms with E-state index in [4.69, 9.17) is 5.26 Å². The van der Waals surface area contributed by atoms with E-state index >= 15 is 0 Å². The zero-order valence-electron chi connectivity index (χ0n) is 7.05. The maximum Gasteiger partial charge on any atom is 0.146 e. The predicted octanol–water partition coefficient (Wildman–Crippen LogP) is 2.25. The molecular weight excluding hydrogens is 167 g/mol. The van der Waals surface area contributed by atoms with Crippen LogP contribution in [0.2, 0.25) is 0 Å². The Morgan fingerprint density at radius 1 is 1.62 bits per heavy atom. The van der Waals surface area contributed by atoms with E-state index in [1.807, 2.05) is 6.07 Å². The van der Waals surface area contributed by atoms with E-state index in [0.29, 0.717) is 18.7 Å². The van der Waals surface area contributed by atoms with Crippen molar-refractivity contribution < 1.29 is 4.39 Å². The minimum atomic E-state index is -0.224. The van der Waals surface area contributed by atoms with Crippen molar-refractivity contribution >= 4 is 5.69 Å². The Bertz CT molecular complexity index is 368. The number of nitrogens with zero attached hydrogens (tertiary/aromatic N) is 1. The Hall–Kier alpha value is -1.56. The third-order valence-corrected chi connectivity index (χ3v) is 2.35. The summed E-state index contributed by atoms with van der Waals surface area (Å²) in [7, 11) is 0. The minimum Gasteiger partial charge on any atom is -0.382 e. The van der Waals surface area contributed by atoms with Crippen molar-refractivity contribution in [1.29, 1.82) is 5.26 Å². The Kier molecular flexibility index (Phi) is 1.90. The van der Waals surface area contributed by atoms with Gasteiger partial charge < -0.3 is 5.32 Å². The molecule has 2 rings (SSSR count). The molecule has 1 atom stereocenters. The van der Waals surface area contributed by atoms with Crippen LogP contribution in [0.15, 0.2) is 18.2 Å². The van der Waals surface area contributed by atoms with Crippen LogP contribution in [0.1, 0.15) is 17.9 Å². The number of hydrogen-bond acceptors (Lipinski definition) is 2. The number of rotatable bonds is 1. The molecule has 1 aromatic rings. The van der Waals surface area contributed by atoms with E-state index in [0.717, 1.165) is 5.56 Å². The van der Waals surface area contributed by atoms with Gasteiger partial charge in [-0.25, -0.2) is 4.39 Å². The standard InChI is InChI=1S/C10H9FN2/c11-9-3-1-2-8-7(4-5-12)6-13-10(8)9/h1-3,7,13H,4,6H2. The summed E-state index contributed by atoms with van der Waals surface area (Å²) in [5, 5.41) is 11.5. The van der Waals surface area contributed by atoms with Crippen LogP contribution in [0, 0.1) is 17.1 Å². The fourth-order valence-corrected chi connectivity index (χ4v) is 1.70. The van der Waals surface area contributed by atoms with Gasteiger partial charge in [-0.2, -0.15) is 5.26 Å². The lowest BCUT2D eigenvalue weighted by atomic mass is 9.99. The molecule has 0 radical (unpaired) electrons. The molecule has 0 fully saturated rings. The van der Waals surface area contributed by atoms with Crippen LogP contribution in [0.25, 0.3) is 0 Å². The van der Waals surface area contributed by atoms with Crippen molar-refractivity contribution in [2.75, 3.05) is 11.9 Å². The van der Waals surface area contributed by atoms with E-state index in [2.05, 4.69) is 11.4 Å². The molecule has 1 aliphatic heterocycles. The smallest absolute Gasteiger partial charge is 0.146 e. The van der Waals surface area contributed by atoms with Crippen LogP contribution in [-0.4, -0.2) is 6.54 Å². The van der Waals surface area contributed by atoms with Gasteiger partial charge in [0.2, 0.25) is 0 Å². The summed E-state index contributed by atoms with van der Waals surface area (Å²) in [6.45, 7) is 0.670. The number of anilines is 1. The summed E-state index contributed by atoms with van der Waals surface area (Å²) in [5.74, 6) is -0.0753. The largest absolute Gasteiger partial charge is 0.382 e. The maximum atomic E-state index is 13.2. The van der Waals surface area contributed by atoms with Crippen molar-refractivity contribution in [1.82, 2.24) is 0 Å². The van der Waals surface area contributed by atoms with Gasteiger partial charge in [0, 0.05) is 18.9 Å². The molecule has 0 amide bonds. The molecule has 13 heavy (non-hydrogen) atoms. The van der Waals surface area contributed by atoms with E-state index in [-0.39, 0.29) is 11.7 Å². The van der Waals surface area contributed by atoms with Crippen molar-refractivity contribution in [2.45, 2.75) is 12.3 Å². The normalized spacial score (nSPS) is 18.9. The summed E-state index contributed by atoms with van der Waals surface area (Å²) < 4.78 is 13.2. The topological polar surface area (TPSA) is 35.8 Å². The summed E-state index contributed by atoms with van der Waals surface area (Å²) in [5.41, 5.74) is 1.50. The third kappa shape index (κ3) is 1.25. The fourth-order valence-electron chi connectivity index (χ4n) is 1.70. The molecule has 1 aliphatic rings. The van der Waals surface area contributed by atoms with E-state index in [9.17, 15) is 4.39 Å². The lowest BCUT2D eigenvalue weighted by molar-refractivity contribution is 0.631. The quantitative estimate of drug-likeness (QED) is 0.712. The van der Waals surface area contributed by atoms with Gasteiger partial charge in [0.15, 0.2) is 0 Å². The number of nitrogens with one attached hydrogen (secondary N) is 1. The van der Waals surface area contributed by atoms with Crippen LogP contribution >= 0.6 is 0 Å². The van der Waals surface area contributed by atoms with Crippen molar-refractivity contribution in [3.05, 3.63) is 29.6 Å². The average molecular weight is 176 g/mol. The molecule has 1 aromatic carbocycles. The molecule has 2 nitrogen and oxygen atoms in total. The van der Waals surface area contributed by atoms with Crippen LogP contribution < -0.4 is 5.32 Å². The number of fused-ring (bicyclic) bond motifs is 1. The molecule has 66 valence electrons. The molecule has 1 unspecified atom stereocenters. The number of para-hydroxylation sites is 1. The Labute approximate surface area is 76.0 Å². The first-order valence-electron chi connectivity index (χ1n) is 4.22. The lowest BCUT2D eigenvalue weighted by Gasteiger charge is -2.03. The SMILES string of the molecule is N#CCC1CNc2c(F)cccc21. The third-order valence-electron chi connectivity index (χ3n) is 2.35. The van der Waals surface area contributed by atoms with Crippen LogP contribution in [-0.2, 0) is 0 Å². The molecule has 0 spiro atoms. The summed E-state index contributed by atoms with van der Waals surface area (Å²) in [6.07, 6.45) is 0.448. The highest BCUT2D eigenvalue weighted by molar-refractivity contribution is 5.58. The molecule has 1 N–H and O–H groups in total. The van der Waals surface area contributed by atoms with Gasteiger partial charge in [-0.15, -0.1) is 0 Å². The second-order valence-electron chi connectivity index (χ2n) is 3.14. The van der Waals surface area contributed by atoms with Gasteiger partial charge in [0.25, 0.3) is 0 Å². The van der Waals surface area contributed by atoms with Crippen molar-refractivity contribution in [3.63, 3.8) is 0 Å². The van der Waals surface area contributed by atoms with Gasteiger partial charge >= 0.3 is 0 Å². The number of benzene rings is 1. The second-order valence-corrected chi connectivity index (χ2v) is 3.14. The molecule has 0 bridgehead atoms. The average Bonchev–Trinajstić information content (AvgIpc) is 2.51. The first-order valence-corrected chi connectivity index (χ1v) is 4.22. The lowest BCUT2D eigenvalue weighted by Crippen LogP contribution is -2.00. The molecule has 0 saturated heterocycles. The van der Waals surface area contributed by atoms with E-state index < -0.39 is 0 Å². The summed E-state index contributed by atoms with van der Waals surface area (Å²) in [4.78, 5) is 0. The van der Waals surface area contributed by atoms with Crippen molar-refractivity contribution in [2.24, 2.45) is 0 Å². The predicted molar refractivity (Wildman–Crippen MR) is 47.9 cm³/mol. The van der Waals surface area contributed by atoms with Crippen LogP contribution in [0.4, 0.5) is 10.1 Å². The van der Waals surface area contributed by atoms with Gasteiger partial charge in [-0.1, -0.05) is 12.1 Å². The Morgan fingerprint density at radius 3 is 3.23 bits per heavy atom. The fraction of sp³-hybridized carbons (Fsp3) is 0.300. The van der Waals surface area contributed by atoms with Crippen molar-refractivity contribution in [3.8, 4) is 6.07 Å². The zero-order valence-corrected chi connectivity index (χ0v) is 7.05. The molecule has 3 heteroatoms. The molecular formula is C10H9FN2. The van der Waals surface area contributed by atoms with Crippen LogP contribution in [0.5, 0.6) is 0 Å². The summed E-state index contributed by atoms with van der Waals surface area (Å²) in [6, 6.07) is 7.10. The zero-order chi connectivity index (χ0) is 9.26. The Morgan fingerprint density at radius 2 is 2.46 bits per heavy atom. The van der Waals surface area contributed by atoms with Crippen LogP contribution in [0.3, 0.4) is 0 Å². The van der Waals surface area contributed by atoms with Gasteiger partial charge in [0.05, 0.1) is 11.8 Å². The number of hydrogen-bond donors (Lipinski definition) is 1. The maximum absolute atomic E-state index is 13.2. The highest BCUT2D eigenvalue weighted by Gasteiger charge is 2.23. The van der Waals surface area contributed by atoms with Gasteiger partial charge in [-0.05, 0) is 11.6 Å². The monoisotopic (exact) mass is 176 g/mol. The van der Waals surface area contributed by atoms with E-state index in [1.165, 1.54) is 6.07 Å². The minimum absolute atomic E-state index is 0.149. The highest BCUT2D eigenvalue weighted by atomic mass is 19.1. The van der Waals surface area contributed by atoms with Gasteiger partial charge in [0.1, 0.15) is 5.82 Å². The highest BCUT2D eigenvalue weighted by Crippen LogP contribution is 2.34. The van der Waals surface area contributed by atoms with Gasteiger partial charge in [-0.3, -0.25) is 0 Å². The first-order chi connectivity index (χ1) is 6.33. The number of nitriles is 1. The van der Waals surface area contributed by atoms with E-state index in [1.54, 1.807) is 6.07 Å². The summed E-state index contributed by atoms with van der Waals surface area (Å²) >= 11 is 0. The molecule has 0 aliphatic carbocycles. The molecule has 0 aromatic heterocycles. The first kappa shape index (κ1) is 8.06. The number of halogens is 1. The molecule has 0 saturated carbocycles. The molecule has 1 heterocycles. The Balaban J connectivity index is 2.39. The second kappa shape index (κ2) is 3.06.